The molecule has 35 heavy (non-hydrogen) atoms. The van der Waals surface area contributed by atoms with Gasteiger partial charge in [0.25, 0.3) is 0 Å². The molecule has 0 radical (unpaired) electrons. The number of benzene rings is 3. The first-order chi connectivity index (χ1) is 17.0. The maximum Gasteiger partial charge on any atom is 0.344 e. The van der Waals surface area contributed by atoms with Gasteiger partial charge in [-0.3, -0.25) is 4.79 Å². The third kappa shape index (κ3) is 4.95. The average molecular weight is 482 g/mol. The Labute approximate surface area is 206 Å². The lowest BCUT2D eigenvalue weighted by Crippen LogP contribution is -2.08. The summed E-state index contributed by atoms with van der Waals surface area (Å²) in [5.41, 5.74) is 3.74. The van der Waals surface area contributed by atoms with E-state index in [-0.39, 0.29) is 5.91 Å². The SMILES string of the molecule is Cc1cc(NC(=O)C=Cc2ccc(-c3ccc(Cl)cc3)o2)ccc1-c1cc2ccccc2oc1=O. The Hall–Kier alpha value is -4.35. The van der Waals surface area contributed by atoms with Crippen molar-refractivity contribution < 1.29 is 13.6 Å². The van der Waals surface area contributed by atoms with Gasteiger partial charge in [0.05, 0.1) is 5.56 Å². The van der Waals surface area contributed by atoms with E-state index in [1.807, 2.05) is 55.5 Å². The summed E-state index contributed by atoms with van der Waals surface area (Å²) >= 11 is 5.93. The second-order valence-electron chi connectivity index (χ2n) is 8.05. The fourth-order valence-electron chi connectivity index (χ4n) is 3.85. The van der Waals surface area contributed by atoms with Crippen LogP contribution >= 0.6 is 11.6 Å². The molecule has 2 aromatic heterocycles. The third-order valence-electron chi connectivity index (χ3n) is 5.58. The fraction of sp³-hybridized carbons (Fsp3) is 0.0345. The molecule has 0 spiro atoms. The van der Waals surface area contributed by atoms with Crippen molar-refractivity contribution in [1.29, 1.82) is 0 Å². The maximum absolute atomic E-state index is 12.5. The van der Waals surface area contributed by atoms with Gasteiger partial charge in [-0.05, 0) is 84.8 Å². The van der Waals surface area contributed by atoms with Crippen LogP contribution in [0.1, 0.15) is 11.3 Å². The first-order valence-electron chi connectivity index (χ1n) is 10.9. The van der Waals surface area contributed by atoms with E-state index in [1.165, 1.54) is 6.08 Å². The Kier molecular flexibility index (Phi) is 6.08. The largest absolute Gasteiger partial charge is 0.457 e. The van der Waals surface area contributed by atoms with E-state index in [1.54, 1.807) is 42.5 Å². The highest BCUT2D eigenvalue weighted by molar-refractivity contribution is 6.30. The van der Waals surface area contributed by atoms with Gasteiger partial charge in [0.2, 0.25) is 5.91 Å². The minimum atomic E-state index is -0.400. The number of furan rings is 1. The van der Waals surface area contributed by atoms with Crippen LogP contribution in [0, 0.1) is 6.92 Å². The zero-order valence-electron chi connectivity index (χ0n) is 18.7. The molecular weight excluding hydrogens is 462 g/mol. The second kappa shape index (κ2) is 9.49. The first-order valence-corrected chi connectivity index (χ1v) is 11.3. The third-order valence-corrected chi connectivity index (χ3v) is 5.83. The van der Waals surface area contributed by atoms with Gasteiger partial charge in [-0.15, -0.1) is 0 Å². The molecule has 0 bridgehead atoms. The summed E-state index contributed by atoms with van der Waals surface area (Å²) in [5.74, 6) is 0.942. The summed E-state index contributed by atoms with van der Waals surface area (Å²) in [6.45, 7) is 1.89. The highest BCUT2D eigenvalue weighted by atomic mass is 35.5. The smallest absolute Gasteiger partial charge is 0.344 e. The molecule has 0 aliphatic carbocycles. The summed E-state index contributed by atoms with van der Waals surface area (Å²) in [6, 6.07) is 25.6. The van der Waals surface area contributed by atoms with E-state index in [9.17, 15) is 9.59 Å². The van der Waals surface area contributed by atoms with Crippen molar-refractivity contribution in [3.8, 4) is 22.5 Å². The lowest BCUT2D eigenvalue weighted by molar-refractivity contribution is -0.111. The Morgan fingerprint density at radius 2 is 1.69 bits per heavy atom. The number of fused-ring (bicyclic) bond motifs is 1. The van der Waals surface area contributed by atoms with Crippen LogP contribution < -0.4 is 10.9 Å². The van der Waals surface area contributed by atoms with Gasteiger partial charge in [-0.1, -0.05) is 35.9 Å². The van der Waals surface area contributed by atoms with Crippen molar-refractivity contribution in [2.45, 2.75) is 6.92 Å². The van der Waals surface area contributed by atoms with Crippen molar-refractivity contribution >= 4 is 40.2 Å². The molecule has 0 unspecified atom stereocenters. The van der Waals surface area contributed by atoms with Gasteiger partial charge in [0, 0.05) is 27.7 Å². The van der Waals surface area contributed by atoms with E-state index in [4.69, 9.17) is 20.4 Å². The van der Waals surface area contributed by atoms with E-state index in [0.29, 0.717) is 33.4 Å². The van der Waals surface area contributed by atoms with E-state index in [0.717, 1.165) is 22.1 Å². The number of halogens is 1. The Morgan fingerprint density at radius 1 is 0.886 bits per heavy atom. The summed E-state index contributed by atoms with van der Waals surface area (Å²) in [6.07, 6.45) is 3.02. The Balaban J connectivity index is 1.30. The highest BCUT2D eigenvalue weighted by Crippen LogP contribution is 2.27. The van der Waals surface area contributed by atoms with Crippen LogP contribution in [0.4, 0.5) is 5.69 Å². The molecule has 0 aliphatic rings. The van der Waals surface area contributed by atoms with E-state index >= 15 is 0 Å². The number of nitrogens with one attached hydrogen (secondary N) is 1. The Morgan fingerprint density at radius 3 is 2.49 bits per heavy atom. The molecule has 0 aliphatic heterocycles. The molecular formula is C29H20ClNO4. The quantitative estimate of drug-likeness (QED) is 0.210. The minimum Gasteiger partial charge on any atom is -0.457 e. The van der Waals surface area contributed by atoms with Gasteiger partial charge in [-0.2, -0.15) is 0 Å². The monoisotopic (exact) mass is 481 g/mol. The topological polar surface area (TPSA) is 72.5 Å². The predicted octanol–water partition coefficient (Wildman–Crippen LogP) is 7.33. The van der Waals surface area contributed by atoms with Gasteiger partial charge < -0.3 is 14.2 Å². The molecule has 5 aromatic rings. The van der Waals surface area contributed by atoms with Crippen LogP contribution in [0.15, 0.2) is 105 Å². The van der Waals surface area contributed by atoms with Gasteiger partial charge in [0.15, 0.2) is 0 Å². The molecule has 0 fully saturated rings. The van der Waals surface area contributed by atoms with E-state index in [2.05, 4.69) is 5.32 Å². The van der Waals surface area contributed by atoms with Crippen LogP contribution in [0.2, 0.25) is 5.02 Å². The van der Waals surface area contributed by atoms with Crippen molar-refractivity contribution in [3.05, 3.63) is 118 Å². The molecule has 172 valence electrons. The van der Waals surface area contributed by atoms with Gasteiger partial charge in [-0.25, -0.2) is 4.79 Å². The molecule has 2 heterocycles. The normalized spacial score (nSPS) is 11.3. The minimum absolute atomic E-state index is 0.299. The number of rotatable bonds is 5. The summed E-state index contributed by atoms with van der Waals surface area (Å²) in [5, 5.41) is 4.34. The van der Waals surface area contributed by atoms with Crippen molar-refractivity contribution in [1.82, 2.24) is 0 Å². The first kappa shape index (κ1) is 22.4. The predicted molar refractivity (Wildman–Crippen MR) is 139 cm³/mol. The van der Waals surface area contributed by atoms with Crippen LogP contribution in [-0.2, 0) is 4.79 Å². The molecule has 1 amide bonds. The number of amides is 1. The number of anilines is 1. The second-order valence-corrected chi connectivity index (χ2v) is 8.48. The number of carbonyl (C=O) groups is 1. The fourth-order valence-corrected chi connectivity index (χ4v) is 3.97. The molecule has 1 N–H and O–H groups in total. The number of hydrogen-bond donors (Lipinski definition) is 1. The number of hydrogen-bond acceptors (Lipinski definition) is 4. The number of carbonyl (C=O) groups excluding carboxylic acids is 1. The molecule has 0 saturated carbocycles. The Bertz CT molecular complexity index is 1630. The molecule has 5 nitrogen and oxygen atoms in total. The van der Waals surface area contributed by atoms with Gasteiger partial charge in [0.1, 0.15) is 17.1 Å². The molecule has 0 atom stereocenters. The lowest BCUT2D eigenvalue weighted by atomic mass is 10.0. The van der Waals surface area contributed by atoms with Crippen LogP contribution in [0.3, 0.4) is 0 Å². The summed E-state index contributed by atoms with van der Waals surface area (Å²) in [7, 11) is 0. The average Bonchev–Trinajstić information content (AvgIpc) is 3.32. The zero-order valence-corrected chi connectivity index (χ0v) is 19.5. The molecule has 5 rings (SSSR count). The van der Waals surface area contributed by atoms with Crippen molar-refractivity contribution in [3.63, 3.8) is 0 Å². The highest BCUT2D eigenvalue weighted by Gasteiger charge is 2.11. The lowest BCUT2D eigenvalue weighted by Gasteiger charge is -2.09. The van der Waals surface area contributed by atoms with E-state index < -0.39 is 5.63 Å². The maximum atomic E-state index is 12.5. The van der Waals surface area contributed by atoms with Crippen LogP contribution in [0.25, 0.3) is 39.5 Å². The number of para-hydroxylation sites is 1. The van der Waals surface area contributed by atoms with Gasteiger partial charge >= 0.3 is 5.63 Å². The molecule has 3 aromatic carbocycles. The molecule has 6 heteroatoms. The summed E-state index contributed by atoms with van der Waals surface area (Å²) in [4.78, 5) is 25.0. The van der Waals surface area contributed by atoms with Crippen LogP contribution in [0.5, 0.6) is 0 Å². The molecule has 0 saturated heterocycles. The zero-order chi connectivity index (χ0) is 24.4. The van der Waals surface area contributed by atoms with Crippen LogP contribution in [-0.4, -0.2) is 5.91 Å². The standard InChI is InChI=1S/C29H20ClNO4/c1-18-16-22(10-13-24(18)25-17-20-4-2-3-5-26(20)35-29(25)33)31-28(32)15-12-23-11-14-27(34-23)19-6-8-21(30)9-7-19/h2-17H,1H3,(H,31,32). The summed E-state index contributed by atoms with van der Waals surface area (Å²) < 4.78 is 11.2. The van der Waals surface area contributed by atoms with Crippen molar-refractivity contribution in [2.75, 3.05) is 5.32 Å². The van der Waals surface area contributed by atoms with Crippen molar-refractivity contribution in [2.24, 2.45) is 0 Å². The number of aryl methyl sites for hydroxylation is 1.